The lowest BCUT2D eigenvalue weighted by Crippen LogP contribution is -2.41. The van der Waals surface area contributed by atoms with E-state index in [2.05, 4.69) is 11.4 Å². The molecule has 0 bridgehead atoms. The van der Waals surface area contributed by atoms with Gasteiger partial charge in [-0.2, -0.15) is 0 Å². The van der Waals surface area contributed by atoms with Crippen molar-refractivity contribution in [3.8, 4) is 11.5 Å². The molecule has 2 aromatic carbocycles. The molecule has 1 heterocycles. The van der Waals surface area contributed by atoms with Crippen molar-refractivity contribution < 1.29 is 14.3 Å². The van der Waals surface area contributed by atoms with E-state index in [1.165, 1.54) is 5.56 Å². The summed E-state index contributed by atoms with van der Waals surface area (Å²) in [5, 5.41) is 2.94. The number of hydrogen-bond donors (Lipinski definition) is 1. The lowest BCUT2D eigenvalue weighted by Gasteiger charge is -2.20. The molecule has 0 spiro atoms. The number of para-hydroxylation sites is 1. The standard InChI is InChI=1S/C19H22N2O3/c1-21(13-14-7-9-16(23-2)10-8-14)19(22)20-12-17-11-15-5-3-4-6-18(15)24-17/h3-10,17H,11-13H2,1-2H3,(H,20,22)/t17-/m0/s1. The normalized spacial score (nSPS) is 15.3. The van der Waals surface area contributed by atoms with Crippen molar-refractivity contribution in [2.45, 2.75) is 19.1 Å². The zero-order valence-corrected chi connectivity index (χ0v) is 14.0. The Bertz CT molecular complexity index is 675. The molecule has 1 atom stereocenters. The Balaban J connectivity index is 1.46. The number of benzene rings is 2. The van der Waals surface area contributed by atoms with E-state index >= 15 is 0 Å². The predicted octanol–water partition coefficient (Wildman–Crippen LogP) is 2.84. The largest absolute Gasteiger partial charge is 0.497 e. The topological polar surface area (TPSA) is 50.8 Å². The molecule has 2 amide bonds. The molecular weight excluding hydrogens is 304 g/mol. The van der Waals surface area contributed by atoms with E-state index in [0.717, 1.165) is 23.5 Å². The van der Waals surface area contributed by atoms with Crippen LogP contribution in [0.25, 0.3) is 0 Å². The van der Waals surface area contributed by atoms with Gasteiger partial charge in [-0.1, -0.05) is 30.3 Å². The van der Waals surface area contributed by atoms with Gasteiger partial charge in [0.25, 0.3) is 0 Å². The maximum absolute atomic E-state index is 12.2. The van der Waals surface area contributed by atoms with Gasteiger partial charge in [-0.15, -0.1) is 0 Å². The van der Waals surface area contributed by atoms with Gasteiger partial charge in [-0.3, -0.25) is 0 Å². The van der Waals surface area contributed by atoms with Crippen LogP contribution in [0.3, 0.4) is 0 Å². The quantitative estimate of drug-likeness (QED) is 0.919. The fraction of sp³-hybridized carbons (Fsp3) is 0.316. The summed E-state index contributed by atoms with van der Waals surface area (Å²) in [4.78, 5) is 13.9. The minimum Gasteiger partial charge on any atom is -0.497 e. The van der Waals surface area contributed by atoms with Crippen LogP contribution in [-0.2, 0) is 13.0 Å². The van der Waals surface area contributed by atoms with Gasteiger partial charge in [0.1, 0.15) is 17.6 Å². The summed E-state index contributed by atoms with van der Waals surface area (Å²) in [5.41, 5.74) is 2.25. The Morgan fingerprint density at radius 2 is 2.00 bits per heavy atom. The number of nitrogens with zero attached hydrogens (tertiary/aromatic N) is 1. The number of amides is 2. The van der Waals surface area contributed by atoms with E-state index in [1.54, 1.807) is 19.1 Å². The van der Waals surface area contributed by atoms with Gasteiger partial charge in [0.2, 0.25) is 0 Å². The Morgan fingerprint density at radius 1 is 1.25 bits per heavy atom. The number of fused-ring (bicyclic) bond motifs is 1. The molecule has 0 radical (unpaired) electrons. The van der Waals surface area contributed by atoms with E-state index in [1.807, 2.05) is 42.5 Å². The fourth-order valence-electron chi connectivity index (χ4n) is 2.78. The van der Waals surface area contributed by atoms with Gasteiger partial charge in [0.05, 0.1) is 13.7 Å². The van der Waals surface area contributed by atoms with Crippen LogP contribution >= 0.6 is 0 Å². The Kier molecular flexibility index (Phi) is 4.89. The van der Waals surface area contributed by atoms with Crippen molar-refractivity contribution in [3.05, 3.63) is 59.7 Å². The Morgan fingerprint density at radius 3 is 2.71 bits per heavy atom. The van der Waals surface area contributed by atoms with Crippen molar-refractivity contribution in [2.75, 3.05) is 20.7 Å². The molecule has 24 heavy (non-hydrogen) atoms. The second kappa shape index (κ2) is 7.25. The number of hydrogen-bond acceptors (Lipinski definition) is 3. The number of ether oxygens (including phenoxy) is 2. The first kappa shape index (κ1) is 16.2. The van der Waals surface area contributed by atoms with Gasteiger partial charge < -0.3 is 19.7 Å². The third-order valence-electron chi connectivity index (χ3n) is 4.12. The lowest BCUT2D eigenvalue weighted by atomic mass is 10.1. The van der Waals surface area contributed by atoms with Crippen molar-refractivity contribution in [3.63, 3.8) is 0 Å². The van der Waals surface area contributed by atoms with E-state index in [0.29, 0.717) is 13.1 Å². The average molecular weight is 326 g/mol. The van der Waals surface area contributed by atoms with E-state index in [9.17, 15) is 4.79 Å². The summed E-state index contributed by atoms with van der Waals surface area (Å²) in [6, 6.07) is 15.6. The zero-order valence-electron chi connectivity index (χ0n) is 14.0. The molecule has 2 aromatic rings. The van der Waals surface area contributed by atoms with Gasteiger partial charge in [0.15, 0.2) is 0 Å². The number of methoxy groups -OCH3 is 1. The molecule has 0 saturated heterocycles. The van der Waals surface area contributed by atoms with Crippen LogP contribution in [0.5, 0.6) is 11.5 Å². The molecule has 3 rings (SSSR count). The highest BCUT2D eigenvalue weighted by Gasteiger charge is 2.23. The van der Waals surface area contributed by atoms with Crippen molar-refractivity contribution in [2.24, 2.45) is 0 Å². The molecule has 5 nitrogen and oxygen atoms in total. The SMILES string of the molecule is COc1ccc(CN(C)C(=O)NC[C@@H]2Cc3ccccc3O2)cc1. The first-order valence-electron chi connectivity index (χ1n) is 8.02. The third-order valence-corrected chi connectivity index (χ3v) is 4.12. The average Bonchev–Trinajstić information content (AvgIpc) is 3.03. The molecule has 0 unspecified atom stereocenters. The summed E-state index contributed by atoms with van der Waals surface area (Å²) in [5.74, 6) is 1.73. The van der Waals surface area contributed by atoms with Crippen molar-refractivity contribution in [1.82, 2.24) is 10.2 Å². The number of urea groups is 1. The number of rotatable bonds is 5. The molecule has 0 saturated carbocycles. The van der Waals surface area contributed by atoms with Crippen LogP contribution < -0.4 is 14.8 Å². The van der Waals surface area contributed by atoms with Gasteiger partial charge in [-0.25, -0.2) is 4.79 Å². The summed E-state index contributed by atoms with van der Waals surface area (Å²) >= 11 is 0. The maximum Gasteiger partial charge on any atom is 0.317 e. The maximum atomic E-state index is 12.2. The first-order valence-corrected chi connectivity index (χ1v) is 8.02. The molecule has 126 valence electrons. The molecule has 5 heteroatoms. The molecule has 0 aromatic heterocycles. The number of carbonyl (C=O) groups is 1. The molecule has 0 aliphatic carbocycles. The Hall–Kier alpha value is -2.69. The number of carbonyl (C=O) groups excluding carboxylic acids is 1. The van der Waals surface area contributed by atoms with Crippen LogP contribution in [0.1, 0.15) is 11.1 Å². The fourth-order valence-corrected chi connectivity index (χ4v) is 2.78. The minimum absolute atomic E-state index is 0.000682. The van der Waals surface area contributed by atoms with E-state index in [-0.39, 0.29) is 12.1 Å². The van der Waals surface area contributed by atoms with Crippen molar-refractivity contribution >= 4 is 6.03 Å². The third kappa shape index (κ3) is 3.79. The van der Waals surface area contributed by atoms with Crippen LogP contribution in [-0.4, -0.2) is 37.7 Å². The highest BCUT2D eigenvalue weighted by Crippen LogP contribution is 2.27. The lowest BCUT2D eigenvalue weighted by molar-refractivity contribution is 0.191. The van der Waals surface area contributed by atoms with Gasteiger partial charge in [-0.05, 0) is 29.3 Å². The first-order chi connectivity index (χ1) is 11.7. The second-order valence-electron chi connectivity index (χ2n) is 5.94. The van der Waals surface area contributed by atoms with Gasteiger partial charge >= 0.3 is 6.03 Å². The number of nitrogens with one attached hydrogen (secondary N) is 1. The highest BCUT2D eigenvalue weighted by molar-refractivity contribution is 5.73. The minimum atomic E-state index is -0.106. The monoisotopic (exact) mass is 326 g/mol. The molecule has 1 aliphatic heterocycles. The van der Waals surface area contributed by atoms with Crippen molar-refractivity contribution in [1.29, 1.82) is 0 Å². The summed E-state index contributed by atoms with van der Waals surface area (Å²) in [6.45, 7) is 1.04. The zero-order chi connectivity index (χ0) is 16.9. The van der Waals surface area contributed by atoms with Gasteiger partial charge in [0, 0.05) is 20.0 Å². The van der Waals surface area contributed by atoms with Crippen LogP contribution in [0.15, 0.2) is 48.5 Å². The molecule has 1 N–H and O–H groups in total. The van der Waals surface area contributed by atoms with Crippen LogP contribution in [0.2, 0.25) is 0 Å². The summed E-state index contributed by atoms with van der Waals surface area (Å²) in [7, 11) is 3.42. The second-order valence-corrected chi connectivity index (χ2v) is 5.94. The summed E-state index contributed by atoms with van der Waals surface area (Å²) in [6.07, 6.45) is 0.833. The van der Waals surface area contributed by atoms with E-state index in [4.69, 9.17) is 9.47 Å². The Labute approximate surface area is 142 Å². The molecule has 0 fully saturated rings. The van der Waals surface area contributed by atoms with Crippen LogP contribution in [0, 0.1) is 0 Å². The smallest absolute Gasteiger partial charge is 0.317 e. The molecule has 1 aliphatic rings. The summed E-state index contributed by atoms with van der Waals surface area (Å²) < 4.78 is 11.0. The van der Waals surface area contributed by atoms with Crippen LogP contribution in [0.4, 0.5) is 4.79 Å². The predicted molar refractivity (Wildman–Crippen MR) is 92.4 cm³/mol. The highest BCUT2D eigenvalue weighted by atomic mass is 16.5. The van der Waals surface area contributed by atoms with E-state index < -0.39 is 0 Å². The molecular formula is C19H22N2O3.